The van der Waals surface area contributed by atoms with Crippen molar-refractivity contribution in [2.24, 2.45) is 5.92 Å². The van der Waals surface area contributed by atoms with Gasteiger partial charge in [-0.2, -0.15) is 0 Å². The van der Waals surface area contributed by atoms with Gasteiger partial charge in [0.05, 0.1) is 5.92 Å². The molecule has 9 heteroatoms. The first-order valence-corrected chi connectivity index (χ1v) is 12.4. The number of benzene rings is 2. The molecule has 4 rings (SSSR count). The van der Waals surface area contributed by atoms with E-state index >= 15 is 0 Å². The number of nitrogens with zero attached hydrogens (tertiary/aromatic N) is 3. The van der Waals surface area contributed by atoms with Crippen LogP contribution >= 0.6 is 35.0 Å². The van der Waals surface area contributed by atoms with E-state index in [4.69, 9.17) is 23.2 Å². The Bertz CT molecular complexity index is 1050. The van der Waals surface area contributed by atoms with Crippen LogP contribution in [0.3, 0.4) is 0 Å². The van der Waals surface area contributed by atoms with Crippen LogP contribution in [0.2, 0.25) is 10.0 Å². The van der Waals surface area contributed by atoms with Gasteiger partial charge in [-0.3, -0.25) is 14.8 Å². The summed E-state index contributed by atoms with van der Waals surface area (Å²) in [5, 5.41) is 12.3. The molecule has 0 spiro atoms. The number of halogens is 2. The molecule has 3 aromatic rings. The molecular formula is C23H25Cl2N5OS. The molecule has 0 unspecified atom stereocenters. The number of piperidine rings is 1. The zero-order chi connectivity index (χ0) is 22.3. The number of hydrogen-bond donors (Lipinski definition) is 2. The van der Waals surface area contributed by atoms with E-state index in [9.17, 15) is 4.79 Å². The van der Waals surface area contributed by atoms with E-state index in [1.54, 1.807) is 6.07 Å². The monoisotopic (exact) mass is 489 g/mol. The molecule has 1 aromatic heterocycles. The number of H-pyrrole nitrogens is 1. The van der Waals surface area contributed by atoms with Gasteiger partial charge in [0.2, 0.25) is 11.1 Å². The highest BCUT2D eigenvalue weighted by Crippen LogP contribution is 2.25. The number of carbonyl (C=O) groups excluding carboxylic acids is 1. The zero-order valence-corrected chi connectivity index (χ0v) is 19.9. The summed E-state index contributed by atoms with van der Waals surface area (Å²) in [5.74, 6) is 1.57. The van der Waals surface area contributed by atoms with E-state index in [0.717, 1.165) is 49.4 Å². The van der Waals surface area contributed by atoms with Crippen molar-refractivity contribution < 1.29 is 4.79 Å². The topological polar surface area (TPSA) is 73.9 Å². The van der Waals surface area contributed by atoms with Gasteiger partial charge in [0.1, 0.15) is 0 Å². The van der Waals surface area contributed by atoms with Gasteiger partial charge in [0.15, 0.2) is 5.82 Å². The Kier molecular flexibility index (Phi) is 8.08. The first-order valence-electron chi connectivity index (χ1n) is 10.6. The summed E-state index contributed by atoms with van der Waals surface area (Å²) in [6, 6.07) is 15.5. The van der Waals surface area contributed by atoms with Crippen molar-refractivity contribution in [2.75, 3.05) is 25.4 Å². The number of aromatic amines is 1. The highest BCUT2D eigenvalue weighted by molar-refractivity contribution is 7.99. The quantitative estimate of drug-likeness (QED) is 0.347. The fourth-order valence-corrected chi connectivity index (χ4v) is 4.92. The lowest BCUT2D eigenvalue weighted by atomic mass is 9.96. The maximum absolute atomic E-state index is 12.7. The maximum Gasteiger partial charge on any atom is 0.224 e. The van der Waals surface area contributed by atoms with Gasteiger partial charge >= 0.3 is 0 Å². The number of aromatic nitrogens is 3. The molecule has 0 saturated carbocycles. The van der Waals surface area contributed by atoms with Crippen LogP contribution < -0.4 is 5.32 Å². The Morgan fingerprint density at radius 3 is 2.88 bits per heavy atom. The normalized spacial score (nSPS) is 16.8. The van der Waals surface area contributed by atoms with E-state index < -0.39 is 0 Å². The molecule has 1 atom stereocenters. The lowest BCUT2D eigenvalue weighted by Crippen LogP contribution is -2.43. The van der Waals surface area contributed by atoms with Crippen LogP contribution in [0.25, 0.3) is 11.4 Å². The second-order valence-corrected chi connectivity index (χ2v) is 9.69. The summed E-state index contributed by atoms with van der Waals surface area (Å²) in [6.45, 7) is 3.01. The standard InChI is InChI=1S/C23H25Cl2N5OS/c24-19-9-8-17(20(25)13-19)14-30-11-4-7-18(15-30)22(31)26-10-12-32-23-27-21(28-29-23)16-5-2-1-3-6-16/h1-3,5-6,8-9,13,18H,4,7,10-12,14-15H2,(H,26,31)(H,27,28,29)/t18-/m0/s1. The molecule has 0 radical (unpaired) electrons. The first kappa shape index (κ1) is 23.1. The van der Waals surface area contributed by atoms with E-state index in [1.807, 2.05) is 42.5 Å². The van der Waals surface area contributed by atoms with Crippen molar-refractivity contribution in [3.63, 3.8) is 0 Å². The summed E-state index contributed by atoms with van der Waals surface area (Å²) >= 11 is 13.8. The first-order chi connectivity index (χ1) is 15.6. The minimum Gasteiger partial charge on any atom is -0.355 e. The molecule has 1 amide bonds. The highest BCUT2D eigenvalue weighted by atomic mass is 35.5. The average Bonchev–Trinajstić information content (AvgIpc) is 3.28. The van der Waals surface area contributed by atoms with Gasteiger partial charge < -0.3 is 5.32 Å². The van der Waals surface area contributed by atoms with Crippen molar-refractivity contribution in [3.8, 4) is 11.4 Å². The Morgan fingerprint density at radius 2 is 2.06 bits per heavy atom. The molecule has 2 heterocycles. The molecule has 1 aliphatic rings. The number of hydrogen-bond acceptors (Lipinski definition) is 5. The number of nitrogens with one attached hydrogen (secondary N) is 2. The SMILES string of the molecule is O=C(NCCSc1n[nH]c(-c2ccccc2)n1)[C@H]1CCCN(Cc2ccc(Cl)cc2Cl)C1. The third-order valence-corrected chi connectivity index (χ3v) is 6.87. The number of carbonyl (C=O) groups is 1. The second kappa shape index (κ2) is 11.2. The Morgan fingerprint density at radius 1 is 1.22 bits per heavy atom. The van der Waals surface area contributed by atoms with Crippen molar-refractivity contribution in [3.05, 3.63) is 64.1 Å². The summed E-state index contributed by atoms with van der Waals surface area (Å²) in [6.07, 6.45) is 1.91. The van der Waals surface area contributed by atoms with Crippen molar-refractivity contribution in [1.29, 1.82) is 0 Å². The van der Waals surface area contributed by atoms with E-state index in [0.29, 0.717) is 27.5 Å². The van der Waals surface area contributed by atoms with Gasteiger partial charge in [-0.25, -0.2) is 4.98 Å². The van der Waals surface area contributed by atoms with Crippen LogP contribution in [0.15, 0.2) is 53.7 Å². The maximum atomic E-state index is 12.7. The van der Waals surface area contributed by atoms with Gasteiger partial charge in [-0.1, -0.05) is 71.4 Å². The van der Waals surface area contributed by atoms with Crippen LogP contribution in [0.4, 0.5) is 0 Å². The van der Waals surface area contributed by atoms with Crippen LogP contribution in [0.1, 0.15) is 18.4 Å². The smallest absolute Gasteiger partial charge is 0.224 e. The lowest BCUT2D eigenvalue weighted by Gasteiger charge is -2.32. The summed E-state index contributed by atoms with van der Waals surface area (Å²) in [5.41, 5.74) is 2.04. The van der Waals surface area contributed by atoms with Crippen molar-refractivity contribution >= 4 is 40.9 Å². The van der Waals surface area contributed by atoms with Gasteiger partial charge in [0, 0.05) is 41.0 Å². The molecule has 1 aliphatic heterocycles. The Balaban J connectivity index is 1.21. The van der Waals surface area contributed by atoms with Crippen LogP contribution in [-0.4, -0.2) is 51.4 Å². The summed E-state index contributed by atoms with van der Waals surface area (Å²) in [7, 11) is 0. The zero-order valence-electron chi connectivity index (χ0n) is 17.6. The predicted octanol–water partition coefficient (Wildman–Crippen LogP) is 4.90. The minimum absolute atomic E-state index is 0.00647. The van der Waals surface area contributed by atoms with Crippen LogP contribution in [-0.2, 0) is 11.3 Å². The average molecular weight is 490 g/mol. The van der Waals surface area contributed by atoms with Crippen molar-refractivity contribution in [2.45, 2.75) is 24.5 Å². The molecule has 1 saturated heterocycles. The second-order valence-electron chi connectivity index (χ2n) is 7.78. The fraction of sp³-hybridized carbons (Fsp3) is 0.348. The lowest BCUT2D eigenvalue weighted by molar-refractivity contribution is -0.126. The molecule has 1 fully saturated rings. The van der Waals surface area contributed by atoms with Gasteiger partial charge in [-0.05, 0) is 37.1 Å². The van der Waals surface area contributed by atoms with Crippen LogP contribution in [0, 0.1) is 5.92 Å². The molecule has 32 heavy (non-hydrogen) atoms. The Labute approximate surface area is 202 Å². The summed E-state index contributed by atoms with van der Waals surface area (Å²) < 4.78 is 0. The number of rotatable bonds is 8. The molecule has 0 bridgehead atoms. The number of thioether (sulfide) groups is 1. The molecule has 6 nitrogen and oxygen atoms in total. The molecule has 0 aliphatic carbocycles. The minimum atomic E-state index is -0.00647. The number of likely N-dealkylation sites (tertiary alicyclic amines) is 1. The Hall–Kier alpha value is -2.06. The van der Waals surface area contributed by atoms with Gasteiger partial charge in [-0.15, -0.1) is 5.10 Å². The van der Waals surface area contributed by atoms with E-state index in [-0.39, 0.29) is 11.8 Å². The third kappa shape index (κ3) is 6.25. The summed E-state index contributed by atoms with van der Waals surface area (Å²) in [4.78, 5) is 19.5. The van der Waals surface area contributed by atoms with Crippen molar-refractivity contribution in [1.82, 2.24) is 25.4 Å². The third-order valence-electron chi connectivity index (χ3n) is 5.43. The molecule has 2 aromatic carbocycles. The van der Waals surface area contributed by atoms with Gasteiger partial charge in [0.25, 0.3) is 0 Å². The largest absolute Gasteiger partial charge is 0.355 e. The number of amides is 1. The fourth-order valence-electron chi connectivity index (χ4n) is 3.80. The molecule has 168 valence electrons. The predicted molar refractivity (Wildman–Crippen MR) is 130 cm³/mol. The highest BCUT2D eigenvalue weighted by Gasteiger charge is 2.26. The van der Waals surface area contributed by atoms with Crippen LogP contribution in [0.5, 0.6) is 0 Å². The molecular weight excluding hydrogens is 465 g/mol. The van der Waals surface area contributed by atoms with E-state index in [2.05, 4.69) is 25.4 Å². The van der Waals surface area contributed by atoms with E-state index in [1.165, 1.54) is 11.8 Å². The molecule has 2 N–H and O–H groups in total.